The molecule has 9 heteroatoms. The zero-order valence-corrected chi connectivity index (χ0v) is 16.5. The molecule has 0 saturated carbocycles. The van der Waals surface area contributed by atoms with Crippen molar-refractivity contribution in [3.63, 3.8) is 0 Å². The van der Waals surface area contributed by atoms with Crippen LogP contribution in [0.25, 0.3) is 0 Å². The Morgan fingerprint density at radius 2 is 1.77 bits per heavy atom. The van der Waals surface area contributed by atoms with Gasteiger partial charge in [0.15, 0.2) is 0 Å². The molecule has 0 aliphatic carbocycles. The maximum atomic E-state index is 12.1. The van der Waals surface area contributed by atoms with Gasteiger partial charge in [0.25, 0.3) is 0 Å². The first-order valence-electron chi connectivity index (χ1n) is 9.15. The predicted molar refractivity (Wildman–Crippen MR) is 108 cm³/mol. The van der Waals surface area contributed by atoms with Crippen LogP contribution in [0.5, 0.6) is 5.75 Å². The highest BCUT2D eigenvalue weighted by Gasteiger charge is 2.30. The summed E-state index contributed by atoms with van der Waals surface area (Å²) in [4.78, 5) is 19.8. The van der Waals surface area contributed by atoms with Crippen LogP contribution in [0.15, 0.2) is 58.5 Å². The molecule has 0 bridgehead atoms. The quantitative estimate of drug-likeness (QED) is 0.389. The van der Waals surface area contributed by atoms with Crippen molar-refractivity contribution in [3.8, 4) is 5.75 Å². The van der Waals surface area contributed by atoms with Crippen LogP contribution in [0, 0.1) is 5.92 Å². The lowest BCUT2D eigenvalue weighted by molar-refractivity contribution is -0.274. The molecule has 1 atom stereocenters. The van der Waals surface area contributed by atoms with Crippen molar-refractivity contribution >= 4 is 23.8 Å². The van der Waals surface area contributed by atoms with Gasteiger partial charge in [-0.05, 0) is 43.2 Å². The summed E-state index contributed by atoms with van der Waals surface area (Å²) in [7, 11) is 0. The SMILES string of the molecule is CCOC(=O)C(C)Cc1ccc(C(N)=NC=Nc2ccc(OC(F)(F)F)cc2)cc1. The molecule has 0 aromatic heterocycles. The van der Waals surface area contributed by atoms with Crippen molar-refractivity contribution < 1.29 is 27.4 Å². The number of alkyl halides is 3. The van der Waals surface area contributed by atoms with Crippen LogP contribution in [0.4, 0.5) is 18.9 Å². The van der Waals surface area contributed by atoms with E-state index in [0.717, 1.165) is 17.7 Å². The lowest BCUT2D eigenvalue weighted by Gasteiger charge is -2.10. The molecule has 2 aromatic rings. The molecule has 0 spiro atoms. The van der Waals surface area contributed by atoms with Gasteiger partial charge in [-0.15, -0.1) is 13.2 Å². The van der Waals surface area contributed by atoms with E-state index >= 15 is 0 Å². The Balaban J connectivity index is 1.96. The van der Waals surface area contributed by atoms with Crippen molar-refractivity contribution in [1.29, 1.82) is 0 Å². The first-order valence-corrected chi connectivity index (χ1v) is 9.15. The molecule has 0 amide bonds. The predicted octanol–water partition coefficient (Wildman–Crippen LogP) is 4.39. The Kier molecular flexibility index (Phi) is 7.97. The van der Waals surface area contributed by atoms with Crippen LogP contribution in [0.3, 0.4) is 0 Å². The number of nitrogens with zero attached hydrogens (tertiary/aromatic N) is 2. The van der Waals surface area contributed by atoms with E-state index in [4.69, 9.17) is 10.5 Å². The molecular formula is C21H22F3N3O3. The summed E-state index contributed by atoms with van der Waals surface area (Å²) in [5.74, 6) is -0.596. The van der Waals surface area contributed by atoms with E-state index in [0.29, 0.717) is 24.3 Å². The first kappa shape index (κ1) is 22.9. The molecule has 30 heavy (non-hydrogen) atoms. The Hall–Kier alpha value is -3.36. The van der Waals surface area contributed by atoms with Gasteiger partial charge in [-0.2, -0.15) is 0 Å². The maximum Gasteiger partial charge on any atom is 0.573 e. The molecule has 2 N–H and O–H groups in total. The molecule has 1 unspecified atom stereocenters. The summed E-state index contributed by atoms with van der Waals surface area (Å²) >= 11 is 0. The van der Waals surface area contributed by atoms with Gasteiger partial charge in [0.1, 0.15) is 17.9 Å². The van der Waals surface area contributed by atoms with Gasteiger partial charge >= 0.3 is 12.3 Å². The second kappa shape index (κ2) is 10.4. The zero-order chi connectivity index (χ0) is 22.1. The van der Waals surface area contributed by atoms with Gasteiger partial charge in [0.2, 0.25) is 0 Å². The highest BCUT2D eigenvalue weighted by atomic mass is 19.4. The lowest BCUT2D eigenvalue weighted by atomic mass is 10.00. The number of hydrogen-bond acceptors (Lipinski definition) is 4. The fourth-order valence-electron chi connectivity index (χ4n) is 2.50. The molecule has 2 aromatic carbocycles. The smallest absolute Gasteiger partial charge is 0.466 e. The van der Waals surface area contributed by atoms with Crippen LogP contribution >= 0.6 is 0 Å². The number of benzene rings is 2. The molecule has 160 valence electrons. The third kappa shape index (κ3) is 7.57. The average Bonchev–Trinajstić information content (AvgIpc) is 2.69. The normalized spacial score (nSPS) is 13.3. The van der Waals surface area contributed by atoms with E-state index in [2.05, 4.69) is 14.7 Å². The van der Waals surface area contributed by atoms with E-state index in [1.54, 1.807) is 26.0 Å². The number of halogens is 3. The van der Waals surface area contributed by atoms with Gasteiger partial charge in [0.05, 0.1) is 18.2 Å². The summed E-state index contributed by atoms with van der Waals surface area (Å²) in [5.41, 5.74) is 7.95. The van der Waals surface area contributed by atoms with E-state index in [1.165, 1.54) is 18.5 Å². The number of ether oxygens (including phenoxy) is 2. The Morgan fingerprint density at radius 1 is 1.13 bits per heavy atom. The molecule has 0 fully saturated rings. The van der Waals surface area contributed by atoms with Crippen LogP contribution in [0.2, 0.25) is 0 Å². The molecule has 0 radical (unpaired) electrons. The monoisotopic (exact) mass is 421 g/mol. The second-order valence-corrected chi connectivity index (χ2v) is 6.35. The highest BCUT2D eigenvalue weighted by Crippen LogP contribution is 2.24. The van der Waals surface area contributed by atoms with Crippen LogP contribution in [-0.2, 0) is 16.0 Å². The topological polar surface area (TPSA) is 86.3 Å². The highest BCUT2D eigenvalue weighted by molar-refractivity contribution is 6.01. The minimum absolute atomic E-state index is 0.223. The van der Waals surface area contributed by atoms with E-state index in [1.807, 2.05) is 12.1 Å². The number of carbonyl (C=O) groups is 1. The molecule has 0 aliphatic heterocycles. The maximum absolute atomic E-state index is 12.1. The number of carbonyl (C=O) groups excluding carboxylic acids is 1. The lowest BCUT2D eigenvalue weighted by Crippen LogP contribution is -2.17. The Morgan fingerprint density at radius 3 is 2.33 bits per heavy atom. The largest absolute Gasteiger partial charge is 0.573 e. The third-order valence-corrected chi connectivity index (χ3v) is 3.95. The molecule has 0 heterocycles. The second-order valence-electron chi connectivity index (χ2n) is 6.35. The van der Waals surface area contributed by atoms with Gasteiger partial charge in [-0.3, -0.25) is 4.79 Å². The van der Waals surface area contributed by atoms with E-state index in [9.17, 15) is 18.0 Å². The number of amidine groups is 1. The van der Waals surface area contributed by atoms with E-state index in [-0.39, 0.29) is 23.5 Å². The number of aliphatic imine (C=N–C) groups is 2. The van der Waals surface area contributed by atoms with Crippen molar-refractivity contribution in [1.82, 2.24) is 0 Å². The standard InChI is InChI=1S/C21H22F3N3O3/c1-3-29-20(28)14(2)12-15-4-6-16(7-5-15)19(25)27-13-26-17-8-10-18(11-9-17)30-21(22,23)24/h4-11,13-14H,3,12H2,1-2H3,(H2,25,26,27). The summed E-state index contributed by atoms with van der Waals surface area (Å²) in [6.07, 6.45) is -2.98. The summed E-state index contributed by atoms with van der Waals surface area (Å²) in [6.45, 7) is 3.92. The molecular weight excluding hydrogens is 399 g/mol. The number of nitrogens with two attached hydrogens (primary N) is 1. The van der Waals surface area contributed by atoms with E-state index < -0.39 is 6.36 Å². The van der Waals surface area contributed by atoms with Crippen molar-refractivity contribution in [2.45, 2.75) is 26.6 Å². The minimum Gasteiger partial charge on any atom is -0.466 e. The van der Waals surface area contributed by atoms with Gasteiger partial charge in [0, 0.05) is 5.56 Å². The average molecular weight is 421 g/mol. The van der Waals surface area contributed by atoms with Gasteiger partial charge < -0.3 is 15.2 Å². The molecule has 0 saturated heterocycles. The minimum atomic E-state index is -4.74. The van der Waals surface area contributed by atoms with Crippen LogP contribution in [0.1, 0.15) is 25.0 Å². The van der Waals surface area contributed by atoms with Crippen LogP contribution < -0.4 is 10.5 Å². The summed E-state index contributed by atoms with van der Waals surface area (Å²) in [5, 5.41) is 0. The fourth-order valence-corrected chi connectivity index (χ4v) is 2.50. The zero-order valence-electron chi connectivity index (χ0n) is 16.5. The fraction of sp³-hybridized carbons (Fsp3) is 0.286. The number of hydrogen-bond donors (Lipinski definition) is 1. The molecule has 2 rings (SSSR count). The van der Waals surface area contributed by atoms with Crippen molar-refractivity contribution in [2.24, 2.45) is 21.6 Å². The van der Waals surface area contributed by atoms with Crippen LogP contribution in [-0.4, -0.2) is 31.1 Å². The third-order valence-electron chi connectivity index (χ3n) is 3.95. The molecule has 0 aliphatic rings. The number of esters is 1. The van der Waals surface area contributed by atoms with Gasteiger partial charge in [-0.25, -0.2) is 9.98 Å². The summed E-state index contributed by atoms with van der Waals surface area (Å²) in [6, 6.07) is 12.3. The molecule has 6 nitrogen and oxygen atoms in total. The van der Waals surface area contributed by atoms with Crippen molar-refractivity contribution in [3.05, 3.63) is 59.7 Å². The Bertz CT molecular complexity index is 892. The number of rotatable bonds is 8. The van der Waals surface area contributed by atoms with Crippen molar-refractivity contribution in [2.75, 3.05) is 6.61 Å². The Labute approximate surface area is 172 Å². The first-order chi connectivity index (χ1) is 14.2. The van der Waals surface area contributed by atoms with Gasteiger partial charge in [-0.1, -0.05) is 31.2 Å². The summed E-state index contributed by atoms with van der Waals surface area (Å²) < 4.78 is 45.2.